The van der Waals surface area contributed by atoms with Crippen molar-refractivity contribution in [3.05, 3.63) is 18.2 Å². The highest BCUT2D eigenvalue weighted by atomic mass is 15.2. The lowest BCUT2D eigenvalue weighted by molar-refractivity contribution is 0.779. The average Bonchev–Trinajstić information content (AvgIpc) is 2.14. The molecule has 72 valence electrons. The highest BCUT2D eigenvalue weighted by Gasteiger charge is 2.03. The van der Waals surface area contributed by atoms with Crippen molar-refractivity contribution in [1.29, 1.82) is 0 Å². The molecule has 0 aromatic carbocycles. The van der Waals surface area contributed by atoms with Gasteiger partial charge in [-0.2, -0.15) is 0 Å². The number of nitrogen functional groups attached to an aromatic ring is 1. The van der Waals surface area contributed by atoms with E-state index in [0.717, 1.165) is 25.3 Å². The maximum atomic E-state index is 5.61. The van der Waals surface area contributed by atoms with E-state index >= 15 is 0 Å². The quantitative estimate of drug-likeness (QED) is 0.767. The number of nitrogens with two attached hydrogens (primary N) is 1. The molecule has 0 aliphatic rings. The first kappa shape index (κ1) is 9.84. The van der Waals surface area contributed by atoms with Crippen molar-refractivity contribution in [1.82, 2.24) is 4.98 Å². The molecule has 0 fully saturated rings. The van der Waals surface area contributed by atoms with E-state index in [2.05, 4.69) is 23.7 Å². The van der Waals surface area contributed by atoms with Gasteiger partial charge in [0.2, 0.25) is 0 Å². The van der Waals surface area contributed by atoms with Crippen LogP contribution in [0.4, 0.5) is 11.6 Å². The Morgan fingerprint density at radius 3 is 2.69 bits per heavy atom. The predicted molar refractivity (Wildman–Crippen MR) is 56.8 cm³/mol. The van der Waals surface area contributed by atoms with E-state index in [9.17, 15) is 0 Å². The first-order valence-electron chi connectivity index (χ1n) is 4.75. The zero-order chi connectivity index (χ0) is 9.68. The number of aromatic nitrogens is 1. The minimum atomic E-state index is 0.590. The fraction of sp³-hybridized carbons (Fsp3) is 0.500. The minimum Gasteiger partial charge on any atom is -0.384 e. The van der Waals surface area contributed by atoms with Crippen LogP contribution in [0.25, 0.3) is 0 Å². The Bertz CT molecular complexity index is 260. The molecule has 2 N–H and O–H groups in total. The lowest BCUT2D eigenvalue weighted by atomic mass is 10.3. The summed E-state index contributed by atoms with van der Waals surface area (Å²) >= 11 is 0. The van der Waals surface area contributed by atoms with Crippen LogP contribution in [0.2, 0.25) is 0 Å². The van der Waals surface area contributed by atoms with Gasteiger partial charge in [0.25, 0.3) is 0 Å². The lowest BCUT2D eigenvalue weighted by Crippen LogP contribution is -2.24. The number of pyridine rings is 1. The summed E-state index contributed by atoms with van der Waals surface area (Å²) in [5.74, 6) is 1.57. The molecule has 13 heavy (non-hydrogen) atoms. The molecule has 1 aromatic rings. The highest BCUT2D eigenvalue weighted by molar-refractivity contribution is 5.44. The van der Waals surface area contributed by atoms with Crippen LogP contribution in [-0.4, -0.2) is 18.1 Å². The zero-order valence-corrected chi connectivity index (χ0v) is 8.33. The van der Waals surface area contributed by atoms with E-state index in [1.807, 2.05) is 18.2 Å². The second-order valence-corrected chi connectivity index (χ2v) is 3.00. The van der Waals surface area contributed by atoms with Crippen LogP contribution >= 0.6 is 0 Å². The first-order chi connectivity index (χ1) is 6.27. The predicted octanol–water partition coefficient (Wildman–Crippen LogP) is 1.90. The Labute approximate surface area is 79.6 Å². The van der Waals surface area contributed by atoms with Crippen LogP contribution in [0.3, 0.4) is 0 Å². The number of anilines is 2. The van der Waals surface area contributed by atoms with Gasteiger partial charge >= 0.3 is 0 Å². The molecular formula is C10H17N3. The Kier molecular flexibility index (Phi) is 3.55. The molecule has 1 rings (SSSR count). The fourth-order valence-electron chi connectivity index (χ4n) is 1.32. The van der Waals surface area contributed by atoms with Crippen molar-refractivity contribution in [2.75, 3.05) is 23.7 Å². The van der Waals surface area contributed by atoms with Crippen molar-refractivity contribution in [2.45, 2.75) is 20.3 Å². The van der Waals surface area contributed by atoms with Crippen molar-refractivity contribution in [3.63, 3.8) is 0 Å². The maximum absolute atomic E-state index is 5.61. The van der Waals surface area contributed by atoms with Crippen molar-refractivity contribution in [2.24, 2.45) is 0 Å². The van der Waals surface area contributed by atoms with Gasteiger partial charge in [-0.15, -0.1) is 0 Å². The summed E-state index contributed by atoms with van der Waals surface area (Å²) < 4.78 is 0. The van der Waals surface area contributed by atoms with E-state index in [0.29, 0.717) is 5.82 Å². The van der Waals surface area contributed by atoms with Crippen LogP contribution in [0, 0.1) is 0 Å². The van der Waals surface area contributed by atoms with E-state index < -0.39 is 0 Å². The standard InChI is InChI=1S/C10H17N3/c1-3-8-13(4-2)10-7-5-6-9(11)12-10/h5-7H,3-4,8H2,1-2H3,(H2,11,12). The Hall–Kier alpha value is -1.25. The normalized spacial score (nSPS) is 10.0. The molecule has 0 amide bonds. The molecule has 0 saturated heterocycles. The van der Waals surface area contributed by atoms with Crippen LogP contribution in [0.1, 0.15) is 20.3 Å². The second-order valence-electron chi connectivity index (χ2n) is 3.00. The molecule has 1 aromatic heterocycles. The van der Waals surface area contributed by atoms with E-state index in [1.165, 1.54) is 0 Å². The molecule has 1 heterocycles. The number of rotatable bonds is 4. The molecule has 0 aliphatic heterocycles. The van der Waals surface area contributed by atoms with Gasteiger partial charge in [0.15, 0.2) is 0 Å². The summed E-state index contributed by atoms with van der Waals surface area (Å²) in [6, 6.07) is 5.74. The Morgan fingerprint density at radius 1 is 1.38 bits per heavy atom. The van der Waals surface area contributed by atoms with E-state index in [-0.39, 0.29) is 0 Å². The van der Waals surface area contributed by atoms with Gasteiger partial charge in [-0.1, -0.05) is 13.0 Å². The fourth-order valence-corrected chi connectivity index (χ4v) is 1.32. The van der Waals surface area contributed by atoms with Crippen LogP contribution in [0.15, 0.2) is 18.2 Å². The summed E-state index contributed by atoms with van der Waals surface area (Å²) in [5.41, 5.74) is 5.61. The van der Waals surface area contributed by atoms with Gasteiger partial charge in [0.05, 0.1) is 0 Å². The Morgan fingerprint density at radius 2 is 2.15 bits per heavy atom. The molecule has 0 spiro atoms. The van der Waals surface area contributed by atoms with Crippen molar-refractivity contribution >= 4 is 11.6 Å². The van der Waals surface area contributed by atoms with Crippen molar-refractivity contribution < 1.29 is 0 Å². The second kappa shape index (κ2) is 4.70. The smallest absolute Gasteiger partial charge is 0.130 e. The molecule has 0 unspecified atom stereocenters. The third kappa shape index (κ3) is 2.61. The minimum absolute atomic E-state index is 0.590. The summed E-state index contributed by atoms with van der Waals surface area (Å²) in [6.07, 6.45) is 1.13. The number of hydrogen-bond donors (Lipinski definition) is 1. The van der Waals surface area contributed by atoms with Crippen LogP contribution in [-0.2, 0) is 0 Å². The SMILES string of the molecule is CCCN(CC)c1cccc(N)n1. The third-order valence-electron chi connectivity index (χ3n) is 1.96. The molecule has 0 radical (unpaired) electrons. The maximum Gasteiger partial charge on any atom is 0.130 e. The lowest BCUT2D eigenvalue weighted by Gasteiger charge is -2.20. The summed E-state index contributed by atoms with van der Waals surface area (Å²) in [5, 5.41) is 0. The van der Waals surface area contributed by atoms with Crippen molar-refractivity contribution in [3.8, 4) is 0 Å². The van der Waals surface area contributed by atoms with Gasteiger partial charge in [-0.25, -0.2) is 4.98 Å². The van der Waals surface area contributed by atoms with Gasteiger partial charge in [-0.05, 0) is 25.5 Å². The van der Waals surface area contributed by atoms with E-state index in [1.54, 1.807) is 0 Å². The topological polar surface area (TPSA) is 42.1 Å². The van der Waals surface area contributed by atoms with Gasteiger partial charge < -0.3 is 10.6 Å². The molecule has 0 bridgehead atoms. The summed E-state index contributed by atoms with van der Waals surface area (Å²) in [6.45, 7) is 6.30. The molecular weight excluding hydrogens is 162 g/mol. The summed E-state index contributed by atoms with van der Waals surface area (Å²) in [4.78, 5) is 6.49. The first-order valence-corrected chi connectivity index (χ1v) is 4.75. The molecule has 3 heteroatoms. The largest absolute Gasteiger partial charge is 0.384 e. The highest BCUT2D eigenvalue weighted by Crippen LogP contribution is 2.12. The molecule has 3 nitrogen and oxygen atoms in total. The van der Waals surface area contributed by atoms with Gasteiger partial charge in [0.1, 0.15) is 11.6 Å². The van der Waals surface area contributed by atoms with Crippen LogP contribution < -0.4 is 10.6 Å². The van der Waals surface area contributed by atoms with Gasteiger partial charge in [-0.3, -0.25) is 0 Å². The van der Waals surface area contributed by atoms with Crippen LogP contribution in [0.5, 0.6) is 0 Å². The molecule has 0 saturated carbocycles. The number of nitrogens with zero attached hydrogens (tertiary/aromatic N) is 2. The summed E-state index contributed by atoms with van der Waals surface area (Å²) in [7, 11) is 0. The van der Waals surface area contributed by atoms with Gasteiger partial charge in [0, 0.05) is 13.1 Å². The zero-order valence-electron chi connectivity index (χ0n) is 8.33. The monoisotopic (exact) mass is 179 g/mol. The third-order valence-corrected chi connectivity index (χ3v) is 1.96. The number of hydrogen-bond acceptors (Lipinski definition) is 3. The van der Waals surface area contributed by atoms with E-state index in [4.69, 9.17) is 5.73 Å². The average molecular weight is 179 g/mol. The Balaban J connectivity index is 2.78. The molecule has 0 aliphatic carbocycles. The molecule has 0 atom stereocenters.